The second-order valence-electron chi connectivity index (χ2n) is 4.84. The summed E-state index contributed by atoms with van der Waals surface area (Å²) in [5.74, 6) is 1.45. The highest BCUT2D eigenvalue weighted by atomic mass is 127. The van der Waals surface area contributed by atoms with Crippen LogP contribution >= 0.6 is 22.6 Å². The monoisotopic (exact) mass is 389 g/mol. The van der Waals surface area contributed by atoms with Crippen molar-refractivity contribution in [2.45, 2.75) is 26.2 Å². The van der Waals surface area contributed by atoms with Crippen LogP contribution in [0.25, 0.3) is 0 Å². The molecule has 0 saturated carbocycles. The summed E-state index contributed by atoms with van der Waals surface area (Å²) in [6.07, 6.45) is 3.13. The fraction of sp³-hybridized carbons (Fsp3) is 0.533. The summed E-state index contributed by atoms with van der Waals surface area (Å²) in [5, 5.41) is 0. The van der Waals surface area contributed by atoms with Crippen molar-refractivity contribution < 1.29 is 14.3 Å². The van der Waals surface area contributed by atoms with Crippen LogP contribution in [0.1, 0.15) is 36.5 Å². The molecule has 0 aliphatic carbocycles. The summed E-state index contributed by atoms with van der Waals surface area (Å²) in [4.78, 5) is 14.3. The lowest BCUT2D eigenvalue weighted by Gasteiger charge is -2.18. The Morgan fingerprint density at radius 1 is 1.35 bits per heavy atom. The van der Waals surface area contributed by atoms with Crippen molar-refractivity contribution in [3.8, 4) is 11.5 Å². The van der Waals surface area contributed by atoms with Gasteiger partial charge in [-0.2, -0.15) is 0 Å². The highest BCUT2D eigenvalue weighted by molar-refractivity contribution is 14.1. The van der Waals surface area contributed by atoms with Gasteiger partial charge in [0.15, 0.2) is 11.5 Å². The van der Waals surface area contributed by atoms with Gasteiger partial charge >= 0.3 is 0 Å². The van der Waals surface area contributed by atoms with E-state index < -0.39 is 0 Å². The summed E-state index contributed by atoms with van der Waals surface area (Å²) in [6, 6.07) is 3.67. The van der Waals surface area contributed by atoms with Gasteiger partial charge in [0.05, 0.1) is 17.3 Å². The standard InChI is InChI=1S/C15H20INO3/c1-3-8-20-14-12(16)9-11(10-13(14)19-2)15(18)17-6-4-5-7-17/h9-10H,3-8H2,1-2H3. The first-order valence-corrected chi connectivity index (χ1v) is 8.04. The molecule has 1 amide bonds. The molecule has 2 rings (SSSR count). The van der Waals surface area contributed by atoms with Crippen LogP contribution < -0.4 is 9.47 Å². The zero-order valence-corrected chi connectivity index (χ0v) is 14.1. The van der Waals surface area contributed by atoms with Crippen LogP contribution in [0.15, 0.2) is 12.1 Å². The van der Waals surface area contributed by atoms with Gasteiger partial charge in [0.25, 0.3) is 5.91 Å². The average Bonchev–Trinajstić information content (AvgIpc) is 2.98. The molecule has 5 heteroatoms. The zero-order chi connectivity index (χ0) is 14.5. The second-order valence-corrected chi connectivity index (χ2v) is 6.00. The molecule has 0 aromatic heterocycles. The van der Waals surface area contributed by atoms with E-state index in [1.165, 1.54) is 0 Å². The summed E-state index contributed by atoms with van der Waals surface area (Å²) in [6.45, 7) is 4.41. The van der Waals surface area contributed by atoms with Crippen molar-refractivity contribution in [2.75, 3.05) is 26.8 Å². The molecule has 1 aliphatic rings. The molecule has 0 radical (unpaired) electrons. The highest BCUT2D eigenvalue weighted by Crippen LogP contribution is 2.34. The number of benzene rings is 1. The van der Waals surface area contributed by atoms with E-state index in [1.807, 2.05) is 11.0 Å². The number of hydrogen-bond donors (Lipinski definition) is 0. The number of methoxy groups -OCH3 is 1. The first-order chi connectivity index (χ1) is 9.67. The molecule has 1 heterocycles. The SMILES string of the molecule is CCCOc1c(I)cc(C(=O)N2CCCC2)cc1OC. The van der Waals surface area contributed by atoms with Crippen LogP contribution in [0.3, 0.4) is 0 Å². The molecule has 4 nitrogen and oxygen atoms in total. The molecular weight excluding hydrogens is 369 g/mol. The lowest BCUT2D eigenvalue weighted by molar-refractivity contribution is 0.0792. The van der Waals surface area contributed by atoms with Gasteiger partial charge in [-0.05, 0) is 54.0 Å². The Balaban J connectivity index is 2.26. The van der Waals surface area contributed by atoms with Crippen molar-refractivity contribution in [3.05, 3.63) is 21.3 Å². The normalized spacial score (nSPS) is 14.4. The topological polar surface area (TPSA) is 38.8 Å². The third-order valence-corrected chi connectivity index (χ3v) is 4.12. The van der Waals surface area contributed by atoms with E-state index in [2.05, 4.69) is 29.5 Å². The Kier molecular flexibility index (Phi) is 5.51. The Hall–Kier alpha value is -0.980. The smallest absolute Gasteiger partial charge is 0.254 e. The minimum Gasteiger partial charge on any atom is -0.493 e. The number of hydrogen-bond acceptors (Lipinski definition) is 3. The number of halogens is 1. The minimum absolute atomic E-state index is 0.0840. The molecule has 0 atom stereocenters. The van der Waals surface area contributed by atoms with Gasteiger partial charge in [-0.1, -0.05) is 6.92 Å². The first kappa shape index (κ1) is 15.4. The number of carbonyl (C=O) groups excluding carboxylic acids is 1. The molecule has 1 aromatic rings. The van der Waals surface area contributed by atoms with Crippen molar-refractivity contribution >= 4 is 28.5 Å². The van der Waals surface area contributed by atoms with Crippen LogP contribution in [0.5, 0.6) is 11.5 Å². The predicted octanol–water partition coefficient (Wildman–Crippen LogP) is 3.32. The largest absolute Gasteiger partial charge is 0.493 e. The number of rotatable bonds is 5. The van der Waals surface area contributed by atoms with E-state index in [1.54, 1.807) is 13.2 Å². The van der Waals surface area contributed by atoms with E-state index in [4.69, 9.17) is 9.47 Å². The third-order valence-electron chi connectivity index (χ3n) is 3.32. The van der Waals surface area contributed by atoms with E-state index >= 15 is 0 Å². The molecule has 0 N–H and O–H groups in total. The Bertz CT molecular complexity index is 484. The van der Waals surface area contributed by atoms with Crippen LogP contribution in [0, 0.1) is 3.57 Å². The quantitative estimate of drug-likeness (QED) is 0.726. The van der Waals surface area contributed by atoms with E-state index in [0.717, 1.165) is 41.7 Å². The van der Waals surface area contributed by atoms with Gasteiger partial charge in [-0.15, -0.1) is 0 Å². The van der Waals surface area contributed by atoms with E-state index in [9.17, 15) is 4.79 Å². The molecule has 20 heavy (non-hydrogen) atoms. The molecule has 0 spiro atoms. The molecule has 0 unspecified atom stereocenters. The van der Waals surface area contributed by atoms with Gasteiger partial charge in [0.1, 0.15) is 0 Å². The molecule has 0 bridgehead atoms. The van der Waals surface area contributed by atoms with Gasteiger partial charge in [-0.3, -0.25) is 4.79 Å². The van der Waals surface area contributed by atoms with Crippen LogP contribution in [-0.4, -0.2) is 37.6 Å². The maximum Gasteiger partial charge on any atom is 0.254 e. The van der Waals surface area contributed by atoms with Crippen LogP contribution in [0.4, 0.5) is 0 Å². The summed E-state index contributed by atoms with van der Waals surface area (Å²) >= 11 is 2.20. The highest BCUT2D eigenvalue weighted by Gasteiger charge is 2.22. The van der Waals surface area contributed by atoms with Gasteiger partial charge in [0.2, 0.25) is 0 Å². The second kappa shape index (κ2) is 7.15. The Labute approximate surface area is 133 Å². The van der Waals surface area contributed by atoms with Gasteiger partial charge < -0.3 is 14.4 Å². The molecule has 1 aromatic carbocycles. The van der Waals surface area contributed by atoms with Crippen molar-refractivity contribution in [3.63, 3.8) is 0 Å². The Morgan fingerprint density at radius 3 is 2.65 bits per heavy atom. The third kappa shape index (κ3) is 3.37. The molecule has 1 saturated heterocycles. The molecular formula is C15H20INO3. The van der Waals surface area contributed by atoms with Crippen molar-refractivity contribution in [2.24, 2.45) is 0 Å². The van der Waals surface area contributed by atoms with Crippen molar-refractivity contribution in [1.29, 1.82) is 0 Å². The maximum atomic E-state index is 12.4. The number of carbonyl (C=O) groups is 1. The zero-order valence-electron chi connectivity index (χ0n) is 11.9. The molecule has 1 aliphatic heterocycles. The number of likely N-dealkylation sites (tertiary alicyclic amines) is 1. The number of ether oxygens (including phenoxy) is 2. The van der Waals surface area contributed by atoms with Crippen molar-refractivity contribution in [1.82, 2.24) is 4.90 Å². The fourth-order valence-corrected chi connectivity index (χ4v) is 3.05. The van der Waals surface area contributed by atoms with Crippen LogP contribution in [0.2, 0.25) is 0 Å². The van der Waals surface area contributed by atoms with E-state index in [0.29, 0.717) is 17.9 Å². The van der Waals surface area contributed by atoms with Gasteiger partial charge in [0, 0.05) is 18.7 Å². The lowest BCUT2D eigenvalue weighted by atomic mass is 10.1. The number of nitrogens with zero attached hydrogens (tertiary/aromatic N) is 1. The summed E-state index contributed by atoms with van der Waals surface area (Å²) < 4.78 is 12.0. The maximum absolute atomic E-state index is 12.4. The average molecular weight is 389 g/mol. The fourth-order valence-electron chi connectivity index (χ4n) is 2.29. The minimum atomic E-state index is 0.0840. The Morgan fingerprint density at radius 2 is 2.05 bits per heavy atom. The van der Waals surface area contributed by atoms with Gasteiger partial charge in [-0.25, -0.2) is 0 Å². The molecule has 110 valence electrons. The summed E-state index contributed by atoms with van der Waals surface area (Å²) in [5.41, 5.74) is 0.678. The molecule has 1 fully saturated rings. The van der Waals surface area contributed by atoms with Crippen LogP contribution in [-0.2, 0) is 0 Å². The first-order valence-electron chi connectivity index (χ1n) is 6.97. The number of amides is 1. The predicted molar refractivity (Wildman–Crippen MR) is 86.6 cm³/mol. The van der Waals surface area contributed by atoms with E-state index in [-0.39, 0.29) is 5.91 Å². The lowest BCUT2D eigenvalue weighted by Crippen LogP contribution is -2.27. The summed E-state index contributed by atoms with van der Waals surface area (Å²) in [7, 11) is 1.61.